The van der Waals surface area contributed by atoms with Crippen LogP contribution in [0.2, 0.25) is 0 Å². The fourth-order valence-electron chi connectivity index (χ4n) is 2.54. The predicted octanol–water partition coefficient (Wildman–Crippen LogP) is 2.93. The highest BCUT2D eigenvalue weighted by Crippen LogP contribution is 2.12. The Kier molecular flexibility index (Phi) is 5.08. The van der Waals surface area contributed by atoms with Gasteiger partial charge in [0, 0.05) is 24.8 Å². The molecule has 3 rings (SSSR count). The molecule has 0 atom stereocenters. The smallest absolute Gasteiger partial charge is 0.223 e. The largest absolute Gasteiger partial charge is 0.483 e. The first-order valence-electron chi connectivity index (χ1n) is 7.90. The minimum atomic E-state index is -0.143. The van der Waals surface area contributed by atoms with Crippen LogP contribution in [0.15, 0.2) is 77.7 Å². The predicted molar refractivity (Wildman–Crippen MR) is 94.9 cm³/mol. The molecule has 0 radical (unpaired) electrons. The van der Waals surface area contributed by atoms with Gasteiger partial charge < -0.3 is 15.0 Å². The molecule has 0 aliphatic heterocycles. The molecule has 0 spiro atoms. The third-order valence-corrected chi connectivity index (χ3v) is 3.82. The summed E-state index contributed by atoms with van der Waals surface area (Å²) in [6.45, 7) is 1.32. The van der Waals surface area contributed by atoms with E-state index in [4.69, 9.17) is 10.5 Å². The molecule has 24 heavy (non-hydrogen) atoms. The van der Waals surface area contributed by atoms with Gasteiger partial charge in [0.25, 0.3) is 0 Å². The Labute approximate surface area is 141 Å². The first kappa shape index (κ1) is 16.0. The monoisotopic (exact) mass is 320 g/mol. The van der Waals surface area contributed by atoms with Crippen molar-refractivity contribution in [2.24, 2.45) is 5.73 Å². The second kappa shape index (κ2) is 7.62. The van der Waals surface area contributed by atoms with Gasteiger partial charge in [-0.3, -0.25) is 4.79 Å². The average molecular weight is 320 g/mol. The molecule has 1 aromatic heterocycles. The van der Waals surface area contributed by atoms with Crippen molar-refractivity contribution in [1.82, 2.24) is 4.57 Å². The zero-order valence-electron chi connectivity index (χ0n) is 13.4. The number of hydrogen-bond donors (Lipinski definition) is 1. The maximum atomic E-state index is 12.2. The highest BCUT2D eigenvalue weighted by molar-refractivity contribution is 5.25. The number of nitrogens with zero attached hydrogens (tertiary/aromatic N) is 1. The van der Waals surface area contributed by atoms with E-state index in [1.807, 2.05) is 65.2 Å². The number of aromatic nitrogens is 1. The summed E-state index contributed by atoms with van der Waals surface area (Å²) in [7, 11) is 0. The van der Waals surface area contributed by atoms with E-state index in [-0.39, 0.29) is 5.43 Å². The summed E-state index contributed by atoms with van der Waals surface area (Å²) < 4.78 is 7.70. The third-order valence-electron chi connectivity index (χ3n) is 3.82. The van der Waals surface area contributed by atoms with Crippen molar-refractivity contribution in [3.05, 3.63) is 100.0 Å². The number of pyridine rings is 1. The summed E-state index contributed by atoms with van der Waals surface area (Å²) in [6, 6.07) is 21.4. The topological polar surface area (TPSA) is 57.3 Å². The van der Waals surface area contributed by atoms with Crippen LogP contribution >= 0.6 is 0 Å². The fraction of sp³-hybridized carbons (Fsp3) is 0.150. The molecule has 2 aromatic carbocycles. The molecule has 2 N–H and O–H groups in total. The Bertz CT molecular complexity index is 843. The van der Waals surface area contributed by atoms with Gasteiger partial charge in [0.05, 0.1) is 6.20 Å². The minimum absolute atomic E-state index is 0.143. The molecular formula is C20H20N2O2. The number of nitrogens with two attached hydrogens (primary N) is 1. The molecule has 122 valence electrons. The van der Waals surface area contributed by atoms with E-state index in [9.17, 15) is 4.79 Å². The van der Waals surface area contributed by atoms with Crippen LogP contribution in [0.3, 0.4) is 0 Å². The molecule has 0 amide bonds. The van der Waals surface area contributed by atoms with Gasteiger partial charge in [-0.1, -0.05) is 60.7 Å². The van der Waals surface area contributed by atoms with Crippen molar-refractivity contribution in [3.8, 4) is 5.75 Å². The maximum Gasteiger partial charge on any atom is 0.223 e. The second-order valence-corrected chi connectivity index (χ2v) is 5.59. The lowest BCUT2D eigenvalue weighted by molar-refractivity contribution is 0.300. The third kappa shape index (κ3) is 3.91. The molecule has 3 aromatic rings. The minimum Gasteiger partial charge on any atom is -0.483 e. The first-order chi connectivity index (χ1) is 11.8. The fourth-order valence-corrected chi connectivity index (χ4v) is 2.54. The second-order valence-electron chi connectivity index (χ2n) is 5.59. The van der Waals surface area contributed by atoms with E-state index in [2.05, 4.69) is 0 Å². The van der Waals surface area contributed by atoms with Gasteiger partial charge in [-0.25, -0.2) is 0 Å². The molecule has 0 unspecified atom stereocenters. The van der Waals surface area contributed by atoms with Crippen LogP contribution in [-0.2, 0) is 19.7 Å². The normalized spacial score (nSPS) is 10.5. The zero-order valence-corrected chi connectivity index (χ0v) is 13.4. The lowest BCUT2D eigenvalue weighted by Gasteiger charge is -2.15. The van der Waals surface area contributed by atoms with E-state index < -0.39 is 0 Å². The standard InChI is InChI=1S/C20H20N2O2/c21-12-18-11-19(23)20(24-15-17-9-5-2-6-10-17)14-22(18)13-16-7-3-1-4-8-16/h1-11,14H,12-13,15,21H2. The molecule has 0 saturated carbocycles. The summed E-state index contributed by atoms with van der Waals surface area (Å²) in [4.78, 5) is 12.2. The van der Waals surface area contributed by atoms with Crippen LogP contribution in [0.25, 0.3) is 0 Å². The van der Waals surface area contributed by atoms with Crippen molar-refractivity contribution < 1.29 is 4.74 Å². The van der Waals surface area contributed by atoms with Crippen molar-refractivity contribution in [2.45, 2.75) is 19.7 Å². The number of benzene rings is 2. The number of rotatable bonds is 6. The number of hydrogen-bond acceptors (Lipinski definition) is 3. The Hall–Kier alpha value is -2.85. The van der Waals surface area contributed by atoms with Crippen LogP contribution in [0, 0.1) is 0 Å². The Morgan fingerprint density at radius 1 is 0.917 bits per heavy atom. The molecule has 0 aliphatic carbocycles. The van der Waals surface area contributed by atoms with Gasteiger partial charge in [-0.05, 0) is 11.1 Å². The highest BCUT2D eigenvalue weighted by Gasteiger charge is 2.08. The molecule has 1 heterocycles. The molecule has 4 nitrogen and oxygen atoms in total. The Morgan fingerprint density at radius 3 is 2.17 bits per heavy atom. The maximum absolute atomic E-state index is 12.2. The van der Waals surface area contributed by atoms with Gasteiger partial charge in [0.2, 0.25) is 5.43 Å². The van der Waals surface area contributed by atoms with Crippen molar-refractivity contribution in [2.75, 3.05) is 0 Å². The summed E-state index contributed by atoms with van der Waals surface area (Å²) in [5, 5.41) is 0. The summed E-state index contributed by atoms with van der Waals surface area (Å²) >= 11 is 0. The van der Waals surface area contributed by atoms with Crippen LogP contribution in [0.5, 0.6) is 5.75 Å². The highest BCUT2D eigenvalue weighted by atomic mass is 16.5. The average Bonchev–Trinajstić information content (AvgIpc) is 2.63. The number of ether oxygens (including phenoxy) is 1. The lowest BCUT2D eigenvalue weighted by atomic mass is 10.2. The Balaban J connectivity index is 1.84. The lowest BCUT2D eigenvalue weighted by Crippen LogP contribution is -2.18. The molecule has 0 bridgehead atoms. The zero-order chi connectivity index (χ0) is 16.8. The van der Waals surface area contributed by atoms with Crippen molar-refractivity contribution in [3.63, 3.8) is 0 Å². The molecule has 0 saturated heterocycles. The summed E-state index contributed by atoms with van der Waals surface area (Å²) in [5.74, 6) is 0.340. The van der Waals surface area contributed by atoms with Crippen molar-refractivity contribution in [1.29, 1.82) is 0 Å². The molecule has 0 fully saturated rings. The Morgan fingerprint density at radius 2 is 1.54 bits per heavy atom. The quantitative estimate of drug-likeness (QED) is 0.760. The van der Waals surface area contributed by atoms with Crippen molar-refractivity contribution >= 4 is 0 Å². The molecular weight excluding hydrogens is 300 g/mol. The van der Waals surface area contributed by atoms with E-state index in [0.29, 0.717) is 25.4 Å². The van der Waals surface area contributed by atoms with E-state index in [1.54, 1.807) is 12.3 Å². The van der Waals surface area contributed by atoms with E-state index >= 15 is 0 Å². The van der Waals surface area contributed by atoms with Gasteiger partial charge in [-0.2, -0.15) is 0 Å². The van der Waals surface area contributed by atoms with Crippen LogP contribution in [0.1, 0.15) is 16.8 Å². The van der Waals surface area contributed by atoms with Gasteiger partial charge in [-0.15, -0.1) is 0 Å². The van der Waals surface area contributed by atoms with E-state index in [1.165, 1.54) is 0 Å². The molecule has 4 heteroatoms. The van der Waals surface area contributed by atoms with Gasteiger partial charge in [0.1, 0.15) is 6.61 Å². The summed E-state index contributed by atoms with van der Waals surface area (Å²) in [6.07, 6.45) is 1.75. The van der Waals surface area contributed by atoms with Crippen LogP contribution < -0.4 is 15.9 Å². The van der Waals surface area contributed by atoms with E-state index in [0.717, 1.165) is 16.8 Å². The van der Waals surface area contributed by atoms with Gasteiger partial charge >= 0.3 is 0 Å². The first-order valence-corrected chi connectivity index (χ1v) is 7.90. The van der Waals surface area contributed by atoms with Crippen LogP contribution in [0.4, 0.5) is 0 Å². The molecule has 0 aliphatic rings. The van der Waals surface area contributed by atoms with Gasteiger partial charge in [0.15, 0.2) is 5.75 Å². The SMILES string of the molecule is NCc1cc(=O)c(OCc2ccccc2)cn1Cc1ccccc1. The summed E-state index contributed by atoms with van der Waals surface area (Å²) in [5.41, 5.74) is 8.60. The van der Waals surface area contributed by atoms with Crippen LogP contribution in [-0.4, -0.2) is 4.57 Å².